The third-order valence-corrected chi connectivity index (χ3v) is 6.39. The molecule has 3 aromatic rings. The fraction of sp³-hybridized carbons (Fsp3) is 0.286. The molecule has 0 radical (unpaired) electrons. The normalized spacial score (nSPS) is 17.4. The Morgan fingerprint density at radius 3 is 2.21 bits per heavy atom. The Morgan fingerprint density at radius 1 is 0.921 bits per heavy atom. The highest BCUT2D eigenvalue weighted by atomic mass is 19.1. The predicted octanol–water partition coefficient (Wildman–Crippen LogP) is 3.13. The summed E-state index contributed by atoms with van der Waals surface area (Å²) in [5, 5.41) is 2.95. The van der Waals surface area contributed by atoms with E-state index in [1.54, 1.807) is 12.1 Å². The number of nitrogens with zero attached hydrogens (tertiary/aromatic N) is 2. The lowest BCUT2D eigenvalue weighted by atomic mass is 10.00. The number of rotatable bonds is 8. The second-order valence-electron chi connectivity index (χ2n) is 8.88. The first-order valence-electron chi connectivity index (χ1n) is 12.0. The van der Waals surface area contributed by atoms with Gasteiger partial charge in [-0.15, -0.1) is 0 Å². The monoisotopic (exact) mass is 521 g/mol. The molecule has 1 aromatic heterocycles. The molecule has 1 fully saturated rings. The summed E-state index contributed by atoms with van der Waals surface area (Å²) in [4.78, 5) is 44.7. The van der Waals surface area contributed by atoms with Crippen molar-refractivity contribution in [2.24, 2.45) is 0 Å². The number of methoxy groups -OCH3 is 2. The number of benzene rings is 2. The summed E-state index contributed by atoms with van der Waals surface area (Å²) >= 11 is 0. The van der Waals surface area contributed by atoms with Gasteiger partial charge in [0.25, 0.3) is 5.91 Å². The molecule has 2 atom stereocenters. The number of ketones is 1. The first kappa shape index (κ1) is 26.7. The summed E-state index contributed by atoms with van der Waals surface area (Å²) in [6, 6.07) is 11.4. The number of hydrogen-bond donors (Lipinski definition) is 1. The molecule has 0 spiro atoms. The van der Waals surface area contributed by atoms with Crippen LogP contribution in [0.5, 0.6) is 11.5 Å². The third-order valence-electron chi connectivity index (χ3n) is 6.39. The van der Waals surface area contributed by atoms with Crippen LogP contribution in [0.15, 0.2) is 60.9 Å². The summed E-state index contributed by atoms with van der Waals surface area (Å²) in [5.41, 5.74) is 0.579. The Hall–Kier alpha value is -4.31. The number of carbonyl (C=O) groups is 3. The topological polar surface area (TPSA) is 107 Å². The highest BCUT2D eigenvalue weighted by molar-refractivity contribution is 6.11. The predicted molar refractivity (Wildman–Crippen MR) is 136 cm³/mol. The van der Waals surface area contributed by atoms with Gasteiger partial charge in [-0.2, -0.15) is 0 Å². The third kappa shape index (κ3) is 5.81. The van der Waals surface area contributed by atoms with Gasteiger partial charge in [-0.3, -0.25) is 14.6 Å². The number of piperidine rings is 1. The van der Waals surface area contributed by atoms with Crippen LogP contribution < -0.4 is 14.8 Å². The van der Waals surface area contributed by atoms with E-state index in [1.165, 1.54) is 63.0 Å². The summed E-state index contributed by atoms with van der Waals surface area (Å²) in [5.74, 6) is -2.34. The molecule has 1 aliphatic heterocycles. The van der Waals surface area contributed by atoms with Crippen molar-refractivity contribution >= 4 is 17.7 Å². The van der Waals surface area contributed by atoms with E-state index in [0.29, 0.717) is 25.1 Å². The maximum absolute atomic E-state index is 14.9. The van der Waals surface area contributed by atoms with E-state index >= 15 is 0 Å². The summed E-state index contributed by atoms with van der Waals surface area (Å²) in [7, 11) is 4.57. The number of amides is 1. The summed E-state index contributed by atoms with van der Waals surface area (Å²) in [6.07, 6.45) is 3.06. The Bertz CT molecular complexity index is 1320. The smallest absolute Gasteiger partial charge is 0.338 e. The van der Waals surface area contributed by atoms with E-state index < -0.39 is 29.7 Å². The molecular weight excluding hydrogens is 493 g/mol. The molecule has 10 heteroatoms. The zero-order valence-electron chi connectivity index (χ0n) is 21.3. The molecule has 2 heterocycles. The van der Waals surface area contributed by atoms with Crippen LogP contribution in [0.3, 0.4) is 0 Å². The van der Waals surface area contributed by atoms with Crippen molar-refractivity contribution in [1.29, 1.82) is 0 Å². The zero-order chi connectivity index (χ0) is 27.2. The minimum absolute atomic E-state index is 0.0684. The average Bonchev–Trinajstić information content (AvgIpc) is 2.94. The van der Waals surface area contributed by atoms with Gasteiger partial charge in [-0.25, -0.2) is 9.18 Å². The molecule has 1 saturated heterocycles. The van der Waals surface area contributed by atoms with E-state index in [4.69, 9.17) is 14.2 Å². The summed E-state index contributed by atoms with van der Waals surface area (Å²) in [6.45, 7) is 1.21. The SMILES string of the molecule is COc1ccc(OC)c(C(=O)c2ccc(C(=O)OC3CCN(C)CC3NC(=O)c3ccncc3)cc2)c1F. The number of likely N-dealkylation sites (tertiary alicyclic amines) is 1. The van der Waals surface area contributed by atoms with Crippen molar-refractivity contribution in [3.05, 3.63) is 89.0 Å². The Kier molecular flexibility index (Phi) is 8.32. The summed E-state index contributed by atoms with van der Waals surface area (Å²) < 4.78 is 30.8. The van der Waals surface area contributed by atoms with Crippen LogP contribution >= 0.6 is 0 Å². The lowest BCUT2D eigenvalue weighted by molar-refractivity contribution is 0.000419. The number of pyridine rings is 1. The molecule has 0 saturated carbocycles. The quantitative estimate of drug-likeness (QED) is 0.356. The molecule has 0 bridgehead atoms. The molecule has 2 unspecified atom stereocenters. The van der Waals surface area contributed by atoms with Crippen molar-refractivity contribution in [3.63, 3.8) is 0 Å². The van der Waals surface area contributed by atoms with Crippen molar-refractivity contribution in [3.8, 4) is 11.5 Å². The molecule has 4 rings (SSSR count). The van der Waals surface area contributed by atoms with Gasteiger partial charge in [0, 0.05) is 36.6 Å². The van der Waals surface area contributed by atoms with Crippen molar-refractivity contribution in [1.82, 2.24) is 15.2 Å². The lowest BCUT2D eigenvalue weighted by Crippen LogP contribution is -2.55. The molecule has 9 nitrogen and oxygen atoms in total. The molecule has 1 amide bonds. The maximum atomic E-state index is 14.9. The van der Waals surface area contributed by atoms with Gasteiger partial charge >= 0.3 is 5.97 Å². The fourth-order valence-corrected chi connectivity index (χ4v) is 4.31. The van der Waals surface area contributed by atoms with Crippen LogP contribution in [0.25, 0.3) is 0 Å². The highest BCUT2D eigenvalue weighted by Gasteiger charge is 2.32. The van der Waals surface area contributed by atoms with Gasteiger partial charge in [0.2, 0.25) is 0 Å². The highest BCUT2D eigenvalue weighted by Crippen LogP contribution is 2.31. The molecular formula is C28H28FN3O6. The van der Waals surface area contributed by atoms with Gasteiger partial charge in [0.15, 0.2) is 17.3 Å². The molecule has 2 aromatic carbocycles. The van der Waals surface area contributed by atoms with Crippen LogP contribution in [-0.4, -0.2) is 74.0 Å². The van der Waals surface area contributed by atoms with Gasteiger partial charge in [-0.05, 0) is 49.9 Å². The number of halogens is 1. The number of esters is 1. The first-order chi connectivity index (χ1) is 18.3. The van der Waals surface area contributed by atoms with Crippen LogP contribution in [0.4, 0.5) is 4.39 Å². The molecule has 1 aliphatic rings. The minimum Gasteiger partial charge on any atom is -0.496 e. The van der Waals surface area contributed by atoms with Gasteiger partial charge in [0.05, 0.1) is 25.8 Å². The number of nitrogens with one attached hydrogen (secondary N) is 1. The van der Waals surface area contributed by atoms with Gasteiger partial charge in [-0.1, -0.05) is 12.1 Å². The molecule has 0 aliphatic carbocycles. The number of ether oxygens (including phenoxy) is 3. The van der Waals surface area contributed by atoms with Crippen LogP contribution in [-0.2, 0) is 4.74 Å². The first-order valence-corrected chi connectivity index (χ1v) is 12.0. The number of aromatic nitrogens is 1. The maximum Gasteiger partial charge on any atom is 0.338 e. The van der Waals surface area contributed by atoms with Gasteiger partial charge in [0.1, 0.15) is 17.4 Å². The average molecular weight is 522 g/mol. The Morgan fingerprint density at radius 2 is 1.55 bits per heavy atom. The Labute approximate surface area is 219 Å². The number of carbonyl (C=O) groups excluding carboxylic acids is 3. The van der Waals surface area contributed by atoms with E-state index in [9.17, 15) is 18.8 Å². The molecule has 1 N–H and O–H groups in total. The number of hydrogen-bond acceptors (Lipinski definition) is 8. The standard InChI is InChI=1S/C28H28FN3O6/c1-32-15-12-21(20(16-32)31-27(34)18-10-13-30-14-11-18)38-28(35)19-6-4-17(5-7-19)26(33)24-22(36-2)8-9-23(37-3)25(24)29/h4-11,13-14,20-21H,12,15-16H2,1-3H3,(H,31,34). The second-order valence-corrected chi connectivity index (χ2v) is 8.88. The van der Waals surface area contributed by atoms with Crippen molar-refractivity contribution < 1.29 is 33.0 Å². The largest absolute Gasteiger partial charge is 0.496 e. The van der Waals surface area contributed by atoms with E-state index in [1.807, 2.05) is 11.9 Å². The minimum atomic E-state index is -0.831. The fourth-order valence-electron chi connectivity index (χ4n) is 4.31. The van der Waals surface area contributed by atoms with E-state index in [2.05, 4.69) is 10.3 Å². The zero-order valence-corrected chi connectivity index (χ0v) is 21.3. The Balaban J connectivity index is 1.47. The van der Waals surface area contributed by atoms with Crippen LogP contribution in [0.1, 0.15) is 43.1 Å². The number of likely N-dealkylation sites (N-methyl/N-ethyl adjacent to an activating group) is 1. The van der Waals surface area contributed by atoms with Crippen molar-refractivity contribution in [2.45, 2.75) is 18.6 Å². The van der Waals surface area contributed by atoms with Gasteiger partial charge < -0.3 is 24.4 Å². The second kappa shape index (κ2) is 11.8. The van der Waals surface area contributed by atoms with E-state index in [-0.39, 0.29) is 34.1 Å². The molecule has 38 heavy (non-hydrogen) atoms. The molecule has 198 valence electrons. The van der Waals surface area contributed by atoms with Crippen LogP contribution in [0, 0.1) is 5.82 Å². The lowest BCUT2D eigenvalue weighted by Gasteiger charge is -2.36. The van der Waals surface area contributed by atoms with E-state index in [0.717, 1.165) is 0 Å². The van der Waals surface area contributed by atoms with Crippen LogP contribution in [0.2, 0.25) is 0 Å². The van der Waals surface area contributed by atoms with Crippen molar-refractivity contribution in [2.75, 3.05) is 34.4 Å².